The van der Waals surface area contributed by atoms with Crippen molar-refractivity contribution in [1.82, 2.24) is 4.98 Å². The van der Waals surface area contributed by atoms with Gasteiger partial charge >= 0.3 is 0 Å². The van der Waals surface area contributed by atoms with Gasteiger partial charge in [0.1, 0.15) is 22.9 Å². The van der Waals surface area contributed by atoms with E-state index in [4.69, 9.17) is 14.3 Å². The Bertz CT molecular complexity index is 804. The summed E-state index contributed by atoms with van der Waals surface area (Å²) in [5.74, 6) is 4.09. The number of aliphatic hydroxyl groups excluding tert-OH is 1. The minimum Gasteiger partial charge on any atom is -0.497 e. The number of rotatable bonds is 8. The molecule has 0 aliphatic carbocycles. The number of hydrogen-bond acceptors (Lipinski definition) is 6. The number of methoxy groups -OCH3 is 1. The molecule has 0 spiro atoms. The van der Waals surface area contributed by atoms with Gasteiger partial charge in [0.25, 0.3) is 0 Å². The maximum Gasteiger partial charge on any atom is 0.134 e. The van der Waals surface area contributed by atoms with Crippen molar-refractivity contribution in [2.24, 2.45) is 0 Å². The molecule has 1 aromatic carbocycles. The van der Waals surface area contributed by atoms with Crippen LogP contribution in [0.2, 0.25) is 0 Å². The third kappa shape index (κ3) is 4.21. The summed E-state index contributed by atoms with van der Waals surface area (Å²) in [6, 6.07) is 11.8. The van der Waals surface area contributed by atoms with Gasteiger partial charge in [0, 0.05) is 23.1 Å². The second-order valence-corrected chi connectivity index (χ2v) is 6.40. The van der Waals surface area contributed by atoms with E-state index in [9.17, 15) is 0 Å². The van der Waals surface area contributed by atoms with Crippen molar-refractivity contribution in [1.29, 1.82) is 0 Å². The van der Waals surface area contributed by atoms with E-state index in [0.717, 1.165) is 39.8 Å². The van der Waals surface area contributed by atoms with Crippen LogP contribution in [0, 0.1) is 0 Å². The Morgan fingerprint density at radius 2 is 2.17 bits per heavy atom. The van der Waals surface area contributed by atoms with Gasteiger partial charge in [-0.25, -0.2) is 4.98 Å². The fraction of sp³-hybridized carbons (Fsp3) is 0.278. The summed E-state index contributed by atoms with van der Waals surface area (Å²) in [6.45, 7) is 0.773. The quantitative estimate of drug-likeness (QED) is 0.608. The van der Waals surface area contributed by atoms with Crippen molar-refractivity contribution in [2.75, 3.05) is 24.8 Å². The molecule has 6 heteroatoms. The highest BCUT2D eigenvalue weighted by Crippen LogP contribution is 2.24. The Labute approximate surface area is 145 Å². The smallest absolute Gasteiger partial charge is 0.134 e. The average molecular weight is 344 g/mol. The number of thioether (sulfide) groups is 1. The van der Waals surface area contributed by atoms with E-state index >= 15 is 0 Å². The van der Waals surface area contributed by atoms with Crippen molar-refractivity contribution in [3.8, 4) is 5.75 Å². The second-order valence-electron chi connectivity index (χ2n) is 5.30. The van der Waals surface area contributed by atoms with Gasteiger partial charge in [-0.1, -0.05) is 0 Å². The van der Waals surface area contributed by atoms with Gasteiger partial charge in [-0.15, -0.1) is 0 Å². The Hall–Kier alpha value is -2.18. The molecule has 126 valence electrons. The third-order valence-corrected chi connectivity index (χ3v) is 4.56. The molecule has 3 rings (SSSR count). The van der Waals surface area contributed by atoms with Crippen molar-refractivity contribution < 1.29 is 14.3 Å². The first-order chi connectivity index (χ1) is 11.8. The van der Waals surface area contributed by atoms with Crippen LogP contribution in [0.4, 0.5) is 5.82 Å². The molecule has 0 fully saturated rings. The van der Waals surface area contributed by atoms with Crippen LogP contribution in [0.3, 0.4) is 0 Å². The Morgan fingerprint density at radius 1 is 1.25 bits per heavy atom. The summed E-state index contributed by atoms with van der Waals surface area (Å²) < 4.78 is 11.1. The van der Waals surface area contributed by atoms with Crippen molar-refractivity contribution >= 4 is 28.5 Å². The van der Waals surface area contributed by atoms with Crippen molar-refractivity contribution in [3.63, 3.8) is 0 Å². The molecule has 0 radical (unpaired) electrons. The largest absolute Gasteiger partial charge is 0.497 e. The number of fused-ring (bicyclic) bond motifs is 1. The molecule has 5 nitrogen and oxygen atoms in total. The first kappa shape index (κ1) is 16.7. The standard InChI is InChI=1S/C18H20N2O3S/c1-22-15-2-3-17-14(9-15)10-16(23-17)11-20-18-8-13(4-5-19-18)12-24-7-6-21/h2-5,8-10,21H,6-7,11-12H2,1H3,(H,19,20). The lowest BCUT2D eigenvalue weighted by atomic mass is 10.2. The van der Waals surface area contributed by atoms with E-state index in [0.29, 0.717) is 6.54 Å². The van der Waals surface area contributed by atoms with E-state index in [1.165, 1.54) is 5.56 Å². The molecule has 3 aromatic rings. The zero-order valence-electron chi connectivity index (χ0n) is 13.5. The fourth-order valence-electron chi connectivity index (χ4n) is 2.38. The minimum atomic E-state index is 0.206. The molecule has 0 bridgehead atoms. The van der Waals surface area contributed by atoms with Gasteiger partial charge < -0.3 is 19.6 Å². The second kappa shape index (κ2) is 8.08. The molecule has 2 N–H and O–H groups in total. The van der Waals surface area contributed by atoms with Crippen LogP contribution >= 0.6 is 11.8 Å². The number of hydrogen-bond donors (Lipinski definition) is 2. The van der Waals surface area contributed by atoms with Gasteiger partial charge in [0.05, 0.1) is 20.3 Å². The molecular weight excluding hydrogens is 324 g/mol. The predicted molar refractivity (Wildman–Crippen MR) is 97.6 cm³/mol. The lowest BCUT2D eigenvalue weighted by Crippen LogP contribution is -2.00. The molecule has 0 saturated heterocycles. The number of benzene rings is 1. The van der Waals surface area contributed by atoms with Gasteiger partial charge in [0.2, 0.25) is 0 Å². The molecule has 24 heavy (non-hydrogen) atoms. The summed E-state index contributed by atoms with van der Waals surface area (Å²) in [4.78, 5) is 4.33. The SMILES string of the molecule is COc1ccc2oc(CNc3cc(CSCCO)ccn3)cc2c1. The molecule has 0 saturated carbocycles. The Balaban J connectivity index is 1.64. The number of pyridine rings is 1. The molecule has 0 unspecified atom stereocenters. The molecule has 0 amide bonds. The van der Waals surface area contributed by atoms with Crippen LogP contribution in [-0.2, 0) is 12.3 Å². The monoisotopic (exact) mass is 344 g/mol. The van der Waals surface area contributed by atoms with E-state index in [1.807, 2.05) is 36.4 Å². The number of furan rings is 1. The first-order valence-electron chi connectivity index (χ1n) is 7.72. The summed E-state index contributed by atoms with van der Waals surface area (Å²) >= 11 is 1.70. The highest BCUT2D eigenvalue weighted by molar-refractivity contribution is 7.98. The molecular formula is C18H20N2O3S. The lowest BCUT2D eigenvalue weighted by molar-refractivity contribution is 0.322. The molecule has 0 atom stereocenters. The van der Waals surface area contributed by atoms with E-state index in [1.54, 1.807) is 25.1 Å². The number of aromatic nitrogens is 1. The molecule has 0 aliphatic rings. The normalized spacial score (nSPS) is 10.9. The molecule has 2 aromatic heterocycles. The fourth-order valence-corrected chi connectivity index (χ4v) is 3.07. The summed E-state index contributed by atoms with van der Waals surface area (Å²) in [5.41, 5.74) is 2.02. The first-order valence-corrected chi connectivity index (χ1v) is 8.88. The minimum absolute atomic E-state index is 0.206. The molecule has 0 aliphatic heterocycles. The zero-order valence-corrected chi connectivity index (χ0v) is 14.3. The van der Waals surface area contributed by atoms with Gasteiger partial charge in [-0.3, -0.25) is 0 Å². The topological polar surface area (TPSA) is 67.5 Å². The van der Waals surface area contributed by atoms with Crippen molar-refractivity contribution in [3.05, 3.63) is 53.9 Å². The summed E-state index contributed by atoms with van der Waals surface area (Å²) in [6.07, 6.45) is 1.79. The van der Waals surface area contributed by atoms with Crippen LogP contribution < -0.4 is 10.1 Å². The number of nitrogens with zero attached hydrogens (tertiary/aromatic N) is 1. The third-order valence-electron chi connectivity index (χ3n) is 3.55. The lowest BCUT2D eigenvalue weighted by Gasteiger charge is -2.06. The van der Waals surface area contributed by atoms with Crippen LogP contribution in [-0.4, -0.2) is 29.6 Å². The zero-order chi connectivity index (χ0) is 16.8. The maximum atomic E-state index is 8.84. The molecule has 2 heterocycles. The Kier molecular flexibility index (Phi) is 5.61. The number of aliphatic hydroxyl groups is 1. The number of nitrogens with one attached hydrogen (secondary N) is 1. The van der Waals surface area contributed by atoms with E-state index < -0.39 is 0 Å². The predicted octanol–water partition coefficient (Wildman–Crippen LogP) is 3.67. The van der Waals surface area contributed by atoms with E-state index in [-0.39, 0.29) is 6.61 Å². The Morgan fingerprint density at radius 3 is 3.00 bits per heavy atom. The highest BCUT2D eigenvalue weighted by Gasteiger charge is 2.06. The summed E-state index contributed by atoms with van der Waals surface area (Å²) in [5, 5.41) is 13.1. The van der Waals surface area contributed by atoms with Crippen LogP contribution in [0.5, 0.6) is 5.75 Å². The van der Waals surface area contributed by atoms with Gasteiger partial charge in [0.15, 0.2) is 0 Å². The van der Waals surface area contributed by atoms with Crippen LogP contribution in [0.25, 0.3) is 11.0 Å². The van der Waals surface area contributed by atoms with Gasteiger partial charge in [-0.2, -0.15) is 11.8 Å². The number of ether oxygens (including phenoxy) is 1. The highest BCUT2D eigenvalue weighted by atomic mass is 32.2. The van der Waals surface area contributed by atoms with Gasteiger partial charge in [-0.05, 0) is 42.0 Å². The van der Waals surface area contributed by atoms with E-state index in [2.05, 4.69) is 10.3 Å². The van der Waals surface area contributed by atoms with Crippen LogP contribution in [0.1, 0.15) is 11.3 Å². The van der Waals surface area contributed by atoms with Crippen molar-refractivity contribution in [2.45, 2.75) is 12.3 Å². The average Bonchev–Trinajstić information content (AvgIpc) is 3.02. The van der Waals surface area contributed by atoms with Crippen LogP contribution in [0.15, 0.2) is 47.0 Å². The summed E-state index contributed by atoms with van der Waals surface area (Å²) in [7, 11) is 1.65. The maximum absolute atomic E-state index is 8.84. The number of anilines is 1.